The Morgan fingerprint density at radius 3 is 2.35 bits per heavy atom. The third kappa shape index (κ3) is 2.38. The van der Waals surface area contributed by atoms with E-state index >= 15 is 0 Å². The first-order valence-corrected chi connectivity index (χ1v) is 7.08. The lowest BCUT2D eigenvalue weighted by Gasteiger charge is -2.26. The van der Waals surface area contributed by atoms with Crippen LogP contribution in [0.3, 0.4) is 0 Å². The van der Waals surface area contributed by atoms with Crippen LogP contribution in [0.5, 0.6) is 0 Å². The number of rotatable bonds is 2. The first-order chi connectivity index (χ1) is 9.58. The zero-order chi connectivity index (χ0) is 14.2. The quantitative estimate of drug-likeness (QED) is 0.832. The summed E-state index contributed by atoms with van der Waals surface area (Å²) in [4.78, 5) is 0. The number of nitrogens with zero attached hydrogens (tertiary/aromatic N) is 1. The molecular formula is C15H14ClN3S. The molecule has 0 bridgehead atoms. The molecule has 0 aliphatic carbocycles. The van der Waals surface area contributed by atoms with Crippen molar-refractivity contribution in [1.82, 2.24) is 10.7 Å². The van der Waals surface area contributed by atoms with Crippen LogP contribution >= 0.6 is 23.8 Å². The monoisotopic (exact) mass is 303 g/mol. The summed E-state index contributed by atoms with van der Waals surface area (Å²) in [6.07, 6.45) is 0. The van der Waals surface area contributed by atoms with Crippen molar-refractivity contribution >= 4 is 34.6 Å². The molecule has 0 amide bonds. The maximum absolute atomic E-state index is 5.92. The standard InChI is InChI=1S/C15H14ClN3S/c1-15(11-5-3-2-4-6-11)17-14(20)19(18-15)13-9-7-12(16)8-10-13/h2-10,18H,1H3,(H,17,20). The second kappa shape index (κ2) is 5.05. The van der Waals surface area contributed by atoms with Crippen molar-refractivity contribution in [2.75, 3.05) is 5.01 Å². The van der Waals surface area contributed by atoms with Gasteiger partial charge >= 0.3 is 0 Å². The SMILES string of the molecule is CC1(c2ccccc2)NC(=S)N(c2ccc(Cl)cc2)N1. The molecular weight excluding hydrogens is 290 g/mol. The number of anilines is 1. The Hall–Kier alpha value is -1.62. The van der Waals surface area contributed by atoms with E-state index in [1.807, 2.05) is 47.5 Å². The highest BCUT2D eigenvalue weighted by atomic mass is 35.5. The van der Waals surface area contributed by atoms with Crippen LogP contribution in [-0.2, 0) is 5.66 Å². The lowest BCUT2D eigenvalue weighted by molar-refractivity contribution is 0.390. The van der Waals surface area contributed by atoms with Crippen LogP contribution in [0.2, 0.25) is 5.02 Å². The maximum Gasteiger partial charge on any atom is 0.190 e. The molecule has 2 aromatic rings. The van der Waals surface area contributed by atoms with Gasteiger partial charge in [-0.15, -0.1) is 0 Å². The van der Waals surface area contributed by atoms with Gasteiger partial charge in [0.05, 0.1) is 5.69 Å². The summed E-state index contributed by atoms with van der Waals surface area (Å²) in [6, 6.07) is 17.7. The van der Waals surface area contributed by atoms with Gasteiger partial charge in [-0.05, 0) is 49.0 Å². The maximum atomic E-state index is 5.92. The summed E-state index contributed by atoms with van der Waals surface area (Å²) in [6.45, 7) is 2.06. The molecule has 3 nitrogen and oxygen atoms in total. The molecule has 1 aliphatic heterocycles. The van der Waals surface area contributed by atoms with E-state index < -0.39 is 5.66 Å². The molecule has 1 unspecified atom stereocenters. The van der Waals surface area contributed by atoms with Gasteiger partial charge in [-0.25, -0.2) is 5.01 Å². The first-order valence-electron chi connectivity index (χ1n) is 6.30. The second-order valence-electron chi connectivity index (χ2n) is 4.84. The molecule has 2 N–H and O–H groups in total. The van der Waals surface area contributed by atoms with E-state index in [-0.39, 0.29) is 0 Å². The lowest BCUT2D eigenvalue weighted by Crippen LogP contribution is -2.45. The molecule has 0 saturated carbocycles. The van der Waals surface area contributed by atoms with Gasteiger partial charge in [0.15, 0.2) is 5.11 Å². The molecule has 0 aromatic heterocycles. The van der Waals surface area contributed by atoms with Gasteiger partial charge in [0.2, 0.25) is 0 Å². The normalized spacial score (nSPS) is 21.9. The van der Waals surface area contributed by atoms with E-state index in [4.69, 9.17) is 23.8 Å². The topological polar surface area (TPSA) is 27.3 Å². The van der Waals surface area contributed by atoms with E-state index in [0.717, 1.165) is 11.3 Å². The number of hydrogen-bond acceptors (Lipinski definition) is 2. The van der Waals surface area contributed by atoms with Crippen LogP contribution in [0, 0.1) is 0 Å². The minimum atomic E-state index is -0.419. The highest BCUT2D eigenvalue weighted by Gasteiger charge is 2.37. The molecule has 5 heteroatoms. The smallest absolute Gasteiger partial charge is 0.190 e. The Balaban J connectivity index is 1.90. The van der Waals surface area contributed by atoms with Crippen molar-refractivity contribution in [1.29, 1.82) is 0 Å². The summed E-state index contributed by atoms with van der Waals surface area (Å²) in [5.74, 6) is 0. The van der Waals surface area contributed by atoms with E-state index in [1.165, 1.54) is 0 Å². The lowest BCUT2D eigenvalue weighted by atomic mass is 10.0. The molecule has 1 aliphatic rings. The van der Waals surface area contributed by atoms with Crippen LogP contribution in [0.1, 0.15) is 12.5 Å². The van der Waals surface area contributed by atoms with E-state index in [0.29, 0.717) is 10.1 Å². The average molecular weight is 304 g/mol. The summed E-state index contributed by atoms with van der Waals surface area (Å²) >= 11 is 11.3. The fourth-order valence-corrected chi connectivity index (χ4v) is 2.73. The predicted molar refractivity (Wildman–Crippen MR) is 86.6 cm³/mol. The van der Waals surface area contributed by atoms with Crippen LogP contribution in [-0.4, -0.2) is 5.11 Å². The Morgan fingerprint density at radius 2 is 1.70 bits per heavy atom. The van der Waals surface area contributed by atoms with Gasteiger partial charge < -0.3 is 5.32 Å². The molecule has 2 aromatic carbocycles. The Kier molecular flexibility index (Phi) is 3.38. The second-order valence-corrected chi connectivity index (χ2v) is 5.67. The van der Waals surface area contributed by atoms with Gasteiger partial charge in [-0.3, -0.25) is 0 Å². The largest absolute Gasteiger partial charge is 0.338 e. The number of nitrogens with one attached hydrogen (secondary N) is 2. The number of benzene rings is 2. The Labute approximate surface area is 128 Å². The molecule has 20 heavy (non-hydrogen) atoms. The minimum absolute atomic E-state index is 0.419. The highest BCUT2D eigenvalue weighted by Crippen LogP contribution is 2.27. The van der Waals surface area contributed by atoms with Crippen LogP contribution in [0.25, 0.3) is 0 Å². The molecule has 1 saturated heterocycles. The zero-order valence-electron chi connectivity index (χ0n) is 10.9. The van der Waals surface area contributed by atoms with Crippen molar-refractivity contribution in [2.45, 2.75) is 12.6 Å². The van der Waals surface area contributed by atoms with Crippen LogP contribution in [0.15, 0.2) is 54.6 Å². The fraction of sp³-hybridized carbons (Fsp3) is 0.133. The number of hydrazine groups is 1. The molecule has 0 spiro atoms. The van der Waals surface area contributed by atoms with Crippen molar-refractivity contribution in [3.05, 3.63) is 65.2 Å². The van der Waals surface area contributed by atoms with Gasteiger partial charge in [0.1, 0.15) is 5.66 Å². The van der Waals surface area contributed by atoms with Gasteiger partial charge in [0, 0.05) is 5.02 Å². The molecule has 1 fully saturated rings. The molecule has 3 rings (SSSR count). The van der Waals surface area contributed by atoms with Crippen LogP contribution in [0.4, 0.5) is 5.69 Å². The van der Waals surface area contributed by atoms with E-state index in [2.05, 4.69) is 29.8 Å². The van der Waals surface area contributed by atoms with Gasteiger partial charge in [-0.2, -0.15) is 5.43 Å². The number of hydrogen-bond donors (Lipinski definition) is 2. The fourth-order valence-electron chi connectivity index (χ4n) is 2.25. The Bertz CT molecular complexity index is 629. The van der Waals surface area contributed by atoms with Gasteiger partial charge in [0.25, 0.3) is 0 Å². The van der Waals surface area contributed by atoms with Crippen molar-refractivity contribution in [2.24, 2.45) is 0 Å². The van der Waals surface area contributed by atoms with E-state index in [9.17, 15) is 0 Å². The van der Waals surface area contributed by atoms with E-state index in [1.54, 1.807) is 0 Å². The average Bonchev–Trinajstić information content (AvgIpc) is 2.77. The van der Waals surface area contributed by atoms with Crippen molar-refractivity contribution < 1.29 is 0 Å². The summed E-state index contributed by atoms with van der Waals surface area (Å²) in [5, 5.41) is 6.53. The predicted octanol–water partition coefficient (Wildman–Crippen LogP) is 3.41. The zero-order valence-corrected chi connectivity index (χ0v) is 12.5. The molecule has 102 valence electrons. The Morgan fingerprint density at radius 1 is 1.05 bits per heavy atom. The molecule has 1 heterocycles. The highest BCUT2D eigenvalue weighted by molar-refractivity contribution is 7.80. The van der Waals surface area contributed by atoms with Crippen LogP contribution < -0.4 is 15.8 Å². The summed E-state index contributed by atoms with van der Waals surface area (Å²) < 4.78 is 0. The number of thiocarbonyl (C=S) groups is 1. The minimum Gasteiger partial charge on any atom is -0.338 e. The third-order valence-electron chi connectivity index (χ3n) is 3.33. The molecule has 1 atom stereocenters. The number of halogens is 1. The van der Waals surface area contributed by atoms with Gasteiger partial charge in [-0.1, -0.05) is 41.9 Å². The summed E-state index contributed by atoms with van der Waals surface area (Å²) in [5.41, 5.74) is 5.06. The first kappa shape index (κ1) is 13.4. The molecule has 0 radical (unpaired) electrons. The van der Waals surface area contributed by atoms with Crippen molar-refractivity contribution in [3.63, 3.8) is 0 Å². The third-order valence-corrected chi connectivity index (χ3v) is 3.87. The summed E-state index contributed by atoms with van der Waals surface area (Å²) in [7, 11) is 0. The van der Waals surface area contributed by atoms with Crippen molar-refractivity contribution in [3.8, 4) is 0 Å².